The first-order valence-corrected chi connectivity index (χ1v) is 6.93. The van der Waals surface area contributed by atoms with Crippen molar-refractivity contribution >= 4 is 18.0 Å². The number of benzene rings is 1. The zero-order chi connectivity index (χ0) is 15.3. The van der Waals surface area contributed by atoms with E-state index in [1.807, 2.05) is 44.1 Å². The van der Waals surface area contributed by atoms with Crippen molar-refractivity contribution in [1.82, 2.24) is 9.80 Å². The monoisotopic (exact) mass is 298 g/mol. The topological polar surface area (TPSA) is 43.8 Å². The fourth-order valence-corrected chi connectivity index (χ4v) is 2.58. The van der Waals surface area contributed by atoms with Crippen LogP contribution in [0.5, 0.6) is 0 Å². The first-order valence-electron chi connectivity index (χ1n) is 6.55. The number of amides is 1. The SMILES string of the molecule is Cc1cc(Cl)ccc1CN(C=O)CC(C)(O)CN(C)C. The molecule has 0 saturated carbocycles. The van der Waals surface area contributed by atoms with Gasteiger partial charge in [-0.05, 0) is 51.2 Å². The molecule has 4 nitrogen and oxygen atoms in total. The number of rotatable bonds is 7. The molecule has 0 aliphatic heterocycles. The van der Waals surface area contributed by atoms with Gasteiger partial charge in [-0.1, -0.05) is 17.7 Å². The van der Waals surface area contributed by atoms with Crippen LogP contribution in [0.1, 0.15) is 18.1 Å². The zero-order valence-corrected chi connectivity index (χ0v) is 13.3. The van der Waals surface area contributed by atoms with Gasteiger partial charge in [0.1, 0.15) is 0 Å². The van der Waals surface area contributed by atoms with Gasteiger partial charge in [0.15, 0.2) is 0 Å². The minimum absolute atomic E-state index is 0.288. The Balaban J connectivity index is 2.74. The summed E-state index contributed by atoms with van der Waals surface area (Å²) < 4.78 is 0. The lowest BCUT2D eigenvalue weighted by Crippen LogP contribution is -2.46. The lowest BCUT2D eigenvalue weighted by molar-refractivity contribution is -0.122. The zero-order valence-electron chi connectivity index (χ0n) is 12.6. The number of aryl methyl sites for hydroxylation is 1. The van der Waals surface area contributed by atoms with E-state index in [1.165, 1.54) is 0 Å². The Morgan fingerprint density at radius 3 is 2.50 bits per heavy atom. The summed E-state index contributed by atoms with van der Waals surface area (Å²) in [5, 5.41) is 11.0. The number of carbonyl (C=O) groups is 1. The third-order valence-electron chi connectivity index (χ3n) is 3.03. The van der Waals surface area contributed by atoms with Crippen molar-refractivity contribution in [3.05, 3.63) is 34.3 Å². The summed E-state index contributed by atoms with van der Waals surface area (Å²) in [5.41, 5.74) is 1.13. The van der Waals surface area contributed by atoms with Gasteiger partial charge in [0, 0.05) is 18.1 Å². The molecule has 0 fully saturated rings. The molecule has 1 N–H and O–H groups in total. The fraction of sp³-hybridized carbons (Fsp3) is 0.533. The van der Waals surface area contributed by atoms with Gasteiger partial charge in [-0.25, -0.2) is 0 Å². The lowest BCUT2D eigenvalue weighted by atomic mass is 10.0. The number of halogens is 1. The Labute approximate surface area is 125 Å². The molecule has 112 valence electrons. The van der Waals surface area contributed by atoms with Crippen LogP contribution in [0.4, 0.5) is 0 Å². The van der Waals surface area contributed by atoms with Crippen LogP contribution >= 0.6 is 11.6 Å². The summed E-state index contributed by atoms with van der Waals surface area (Å²) in [7, 11) is 3.78. The second-order valence-corrected chi connectivity index (χ2v) is 6.25. The largest absolute Gasteiger partial charge is 0.387 e. The summed E-state index contributed by atoms with van der Waals surface area (Å²) in [6, 6.07) is 5.59. The molecule has 1 amide bonds. The van der Waals surface area contributed by atoms with Crippen molar-refractivity contribution < 1.29 is 9.90 Å². The van der Waals surface area contributed by atoms with Crippen molar-refractivity contribution in [3.63, 3.8) is 0 Å². The molecule has 0 bridgehead atoms. The van der Waals surface area contributed by atoms with Crippen LogP contribution in [0.2, 0.25) is 5.02 Å². The molecule has 5 heteroatoms. The predicted octanol–water partition coefficient (Wildman–Crippen LogP) is 1.92. The molecule has 0 aliphatic rings. The number of nitrogens with zero attached hydrogens (tertiary/aromatic N) is 2. The summed E-state index contributed by atoms with van der Waals surface area (Å²) >= 11 is 5.92. The molecule has 0 heterocycles. The van der Waals surface area contributed by atoms with Crippen LogP contribution in [0.15, 0.2) is 18.2 Å². The maximum Gasteiger partial charge on any atom is 0.210 e. The smallest absolute Gasteiger partial charge is 0.210 e. The van der Waals surface area contributed by atoms with E-state index in [0.717, 1.165) is 17.5 Å². The molecule has 0 radical (unpaired) electrons. The number of hydrogen-bond acceptors (Lipinski definition) is 3. The number of carbonyl (C=O) groups excluding carboxylic acids is 1. The third kappa shape index (κ3) is 5.49. The van der Waals surface area contributed by atoms with Crippen LogP contribution in [-0.2, 0) is 11.3 Å². The van der Waals surface area contributed by atoms with E-state index in [-0.39, 0.29) is 6.54 Å². The summed E-state index contributed by atoms with van der Waals surface area (Å²) in [6.07, 6.45) is 0.776. The Bertz CT molecular complexity index is 461. The maximum atomic E-state index is 11.2. The van der Waals surface area contributed by atoms with Gasteiger partial charge in [0.2, 0.25) is 6.41 Å². The highest BCUT2D eigenvalue weighted by atomic mass is 35.5. The second kappa shape index (κ2) is 7.07. The van der Waals surface area contributed by atoms with Crippen molar-refractivity contribution in [1.29, 1.82) is 0 Å². The van der Waals surface area contributed by atoms with Crippen molar-refractivity contribution in [2.75, 3.05) is 27.2 Å². The number of likely N-dealkylation sites (N-methyl/N-ethyl adjacent to an activating group) is 1. The normalized spacial score (nSPS) is 14.2. The quantitative estimate of drug-likeness (QED) is 0.782. The molecule has 0 aliphatic carbocycles. The van der Waals surface area contributed by atoms with Gasteiger partial charge in [-0.2, -0.15) is 0 Å². The van der Waals surface area contributed by atoms with Crippen molar-refractivity contribution in [2.24, 2.45) is 0 Å². The number of aliphatic hydroxyl groups is 1. The summed E-state index contributed by atoms with van der Waals surface area (Å²) in [4.78, 5) is 14.7. The van der Waals surface area contributed by atoms with Gasteiger partial charge in [0.05, 0.1) is 12.1 Å². The van der Waals surface area contributed by atoms with Gasteiger partial charge in [0.25, 0.3) is 0 Å². The molecule has 1 atom stereocenters. The molecule has 0 saturated heterocycles. The van der Waals surface area contributed by atoms with Crippen LogP contribution in [0.25, 0.3) is 0 Å². The number of hydrogen-bond donors (Lipinski definition) is 1. The van der Waals surface area contributed by atoms with Crippen LogP contribution in [-0.4, -0.2) is 54.1 Å². The predicted molar refractivity (Wildman–Crippen MR) is 81.8 cm³/mol. The van der Waals surface area contributed by atoms with E-state index < -0.39 is 5.60 Å². The second-order valence-electron chi connectivity index (χ2n) is 5.82. The van der Waals surface area contributed by atoms with E-state index in [0.29, 0.717) is 18.1 Å². The minimum atomic E-state index is -0.940. The highest BCUT2D eigenvalue weighted by molar-refractivity contribution is 6.30. The third-order valence-corrected chi connectivity index (χ3v) is 3.26. The van der Waals surface area contributed by atoms with Gasteiger partial charge < -0.3 is 14.9 Å². The van der Waals surface area contributed by atoms with Gasteiger partial charge >= 0.3 is 0 Å². The van der Waals surface area contributed by atoms with Crippen LogP contribution in [0.3, 0.4) is 0 Å². The first-order chi connectivity index (χ1) is 9.23. The highest BCUT2D eigenvalue weighted by Crippen LogP contribution is 2.17. The maximum absolute atomic E-state index is 11.2. The van der Waals surface area contributed by atoms with Crippen molar-refractivity contribution in [2.45, 2.75) is 26.0 Å². The van der Waals surface area contributed by atoms with Crippen LogP contribution in [0, 0.1) is 6.92 Å². The molecule has 1 unspecified atom stereocenters. The van der Waals surface area contributed by atoms with Crippen molar-refractivity contribution in [3.8, 4) is 0 Å². The Morgan fingerprint density at radius 2 is 2.00 bits per heavy atom. The molecule has 20 heavy (non-hydrogen) atoms. The molecule has 1 aromatic carbocycles. The average Bonchev–Trinajstić information content (AvgIpc) is 2.29. The first kappa shape index (κ1) is 17.0. The summed E-state index contributed by atoms with van der Waals surface area (Å²) in [6.45, 7) is 4.95. The van der Waals surface area contributed by atoms with E-state index in [4.69, 9.17) is 11.6 Å². The lowest BCUT2D eigenvalue weighted by Gasteiger charge is -2.31. The molecule has 1 aromatic rings. The molecule has 1 rings (SSSR count). The van der Waals surface area contributed by atoms with Gasteiger partial charge in [-0.15, -0.1) is 0 Å². The summed E-state index contributed by atoms with van der Waals surface area (Å²) in [5.74, 6) is 0. The molecule has 0 spiro atoms. The molecular weight excluding hydrogens is 276 g/mol. The van der Waals surface area contributed by atoms with E-state index in [2.05, 4.69) is 0 Å². The van der Waals surface area contributed by atoms with E-state index in [1.54, 1.807) is 11.8 Å². The fourth-order valence-electron chi connectivity index (χ4n) is 2.35. The van der Waals surface area contributed by atoms with Gasteiger partial charge in [-0.3, -0.25) is 4.79 Å². The average molecular weight is 299 g/mol. The standard InChI is InChI=1S/C15H23ClN2O2/c1-12-7-14(16)6-5-13(12)8-18(11-19)10-15(2,20)9-17(3)4/h5-7,11,20H,8-10H2,1-4H3. The minimum Gasteiger partial charge on any atom is -0.387 e. The van der Waals surface area contributed by atoms with Crippen LogP contribution < -0.4 is 0 Å². The molecular formula is C15H23ClN2O2. The Hall–Kier alpha value is -1.10. The highest BCUT2D eigenvalue weighted by Gasteiger charge is 2.24. The Morgan fingerprint density at radius 1 is 1.35 bits per heavy atom. The Kier molecular flexibility index (Phi) is 5.99. The van der Waals surface area contributed by atoms with E-state index >= 15 is 0 Å². The van der Waals surface area contributed by atoms with E-state index in [9.17, 15) is 9.90 Å². The molecule has 0 aromatic heterocycles.